The first-order valence-electron chi connectivity index (χ1n) is 8.08. The number of anilines is 4. The molecule has 7 heteroatoms. The van der Waals surface area contributed by atoms with E-state index in [-0.39, 0.29) is 0 Å². The lowest BCUT2D eigenvalue weighted by molar-refractivity contribution is 0.415. The minimum atomic E-state index is 0.486. The monoisotopic (exact) mass is 347 g/mol. The van der Waals surface area contributed by atoms with E-state index in [2.05, 4.69) is 25.6 Å². The summed E-state index contributed by atoms with van der Waals surface area (Å²) >= 11 is 0. The SMILES string of the molecule is COc1cccc(Nc2nccc(Nc3ccc4nc(C)oc4c3)n2)c1. The molecule has 0 bridgehead atoms. The Bertz CT molecular complexity index is 1060. The number of oxazole rings is 1. The Balaban J connectivity index is 1.54. The Hall–Kier alpha value is -3.61. The number of nitrogens with zero attached hydrogens (tertiary/aromatic N) is 3. The van der Waals surface area contributed by atoms with Gasteiger partial charge in [0.25, 0.3) is 0 Å². The molecule has 0 amide bonds. The largest absolute Gasteiger partial charge is 0.497 e. The lowest BCUT2D eigenvalue weighted by Crippen LogP contribution is -2.00. The highest BCUT2D eigenvalue weighted by atomic mass is 16.5. The van der Waals surface area contributed by atoms with Gasteiger partial charge in [-0.05, 0) is 30.3 Å². The van der Waals surface area contributed by atoms with E-state index in [0.29, 0.717) is 17.7 Å². The normalized spacial score (nSPS) is 10.7. The fourth-order valence-corrected chi connectivity index (χ4v) is 2.58. The first-order chi connectivity index (χ1) is 12.7. The molecule has 0 aliphatic rings. The van der Waals surface area contributed by atoms with E-state index in [0.717, 1.165) is 28.2 Å². The van der Waals surface area contributed by atoms with Crippen LogP contribution in [-0.4, -0.2) is 22.1 Å². The maximum Gasteiger partial charge on any atom is 0.229 e. The molecule has 0 radical (unpaired) electrons. The summed E-state index contributed by atoms with van der Waals surface area (Å²) < 4.78 is 10.8. The molecule has 2 aromatic carbocycles. The Labute approximate surface area is 150 Å². The molecule has 26 heavy (non-hydrogen) atoms. The maximum atomic E-state index is 5.56. The molecule has 0 aliphatic heterocycles. The van der Waals surface area contributed by atoms with Crippen molar-refractivity contribution in [2.75, 3.05) is 17.7 Å². The van der Waals surface area contributed by atoms with Crippen molar-refractivity contribution in [2.45, 2.75) is 6.92 Å². The molecule has 4 aromatic rings. The summed E-state index contributed by atoms with van der Waals surface area (Å²) in [5, 5.41) is 6.42. The average Bonchev–Trinajstić information content (AvgIpc) is 3.01. The third-order valence-corrected chi connectivity index (χ3v) is 3.75. The molecule has 0 unspecified atom stereocenters. The van der Waals surface area contributed by atoms with Crippen LogP contribution in [0.3, 0.4) is 0 Å². The molecule has 0 fully saturated rings. The first-order valence-corrected chi connectivity index (χ1v) is 8.08. The van der Waals surface area contributed by atoms with E-state index in [4.69, 9.17) is 9.15 Å². The highest BCUT2D eigenvalue weighted by molar-refractivity contribution is 5.78. The number of methoxy groups -OCH3 is 1. The molecule has 0 atom stereocenters. The number of hydrogen-bond acceptors (Lipinski definition) is 7. The van der Waals surface area contributed by atoms with Crippen molar-refractivity contribution < 1.29 is 9.15 Å². The summed E-state index contributed by atoms with van der Waals surface area (Å²) in [6.45, 7) is 1.83. The van der Waals surface area contributed by atoms with Gasteiger partial charge in [-0.2, -0.15) is 4.98 Å². The molecule has 7 nitrogen and oxygen atoms in total. The molecule has 0 saturated carbocycles. The Kier molecular flexibility index (Phi) is 4.10. The second-order valence-electron chi connectivity index (χ2n) is 5.66. The summed E-state index contributed by atoms with van der Waals surface area (Å²) in [5.74, 6) is 2.56. The fraction of sp³-hybridized carbons (Fsp3) is 0.105. The molecular weight excluding hydrogens is 330 g/mol. The van der Waals surface area contributed by atoms with Crippen molar-refractivity contribution in [3.63, 3.8) is 0 Å². The summed E-state index contributed by atoms with van der Waals surface area (Å²) in [7, 11) is 1.63. The number of nitrogens with one attached hydrogen (secondary N) is 2. The van der Waals surface area contributed by atoms with Crippen molar-refractivity contribution in [3.05, 3.63) is 60.6 Å². The van der Waals surface area contributed by atoms with E-state index in [9.17, 15) is 0 Å². The van der Waals surface area contributed by atoms with Gasteiger partial charge in [-0.1, -0.05) is 6.07 Å². The predicted molar refractivity (Wildman–Crippen MR) is 100 cm³/mol. The third-order valence-electron chi connectivity index (χ3n) is 3.75. The zero-order chi connectivity index (χ0) is 17.9. The van der Waals surface area contributed by atoms with Crippen LogP contribution in [0.5, 0.6) is 5.75 Å². The number of aromatic nitrogens is 3. The van der Waals surface area contributed by atoms with Gasteiger partial charge in [0, 0.05) is 36.6 Å². The van der Waals surface area contributed by atoms with Gasteiger partial charge in [0.15, 0.2) is 11.5 Å². The van der Waals surface area contributed by atoms with E-state index in [1.54, 1.807) is 19.4 Å². The zero-order valence-corrected chi connectivity index (χ0v) is 14.4. The number of ether oxygens (including phenoxy) is 1. The summed E-state index contributed by atoms with van der Waals surface area (Å²) in [6.07, 6.45) is 1.69. The molecule has 0 aliphatic carbocycles. The van der Waals surface area contributed by atoms with Crippen LogP contribution in [0.15, 0.2) is 59.1 Å². The van der Waals surface area contributed by atoms with Crippen LogP contribution in [0, 0.1) is 6.92 Å². The van der Waals surface area contributed by atoms with Crippen LogP contribution >= 0.6 is 0 Å². The van der Waals surface area contributed by atoms with Crippen molar-refractivity contribution in [1.82, 2.24) is 15.0 Å². The molecule has 130 valence electrons. The summed E-state index contributed by atoms with van der Waals surface area (Å²) in [5.41, 5.74) is 3.27. The van der Waals surface area contributed by atoms with Gasteiger partial charge in [-0.3, -0.25) is 0 Å². The van der Waals surface area contributed by atoms with Crippen molar-refractivity contribution in [3.8, 4) is 5.75 Å². The first kappa shape index (κ1) is 15.9. The topological polar surface area (TPSA) is 85.1 Å². The lowest BCUT2D eigenvalue weighted by atomic mass is 10.3. The zero-order valence-electron chi connectivity index (χ0n) is 14.4. The van der Waals surface area contributed by atoms with Crippen LogP contribution in [-0.2, 0) is 0 Å². The van der Waals surface area contributed by atoms with Crippen LogP contribution in [0.25, 0.3) is 11.1 Å². The van der Waals surface area contributed by atoms with Gasteiger partial charge in [0.05, 0.1) is 7.11 Å². The second kappa shape index (κ2) is 6.72. The molecular formula is C19H17N5O2. The number of aryl methyl sites for hydroxylation is 1. The van der Waals surface area contributed by atoms with E-state index >= 15 is 0 Å². The van der Waals surface area contributed by atoms with Crippen LogP contribution in [0.4, 0.5) is 23.1 Å². The molecule has 0 saturated heterocycles. The maximum absolute atomic E-state index is 5.56. The van der Waals surface area contributed by atoms with Crippen molar-refractivity contribution >= 4 is 34.2 Å². The van der Waals surface area contributed by atoms with Gasteiger partial charge in [-0.25, -0.2) is 9.97 Å². The van der Waals surface area contributed by atoms with Gasteiger partial charge in [0.1, 0.15) is 17.1 Å². The highest BCUT2D eigenvalue weighted by Gasteiger charge is 2.05. The third kappa shape index (κ3) is 3.41. The number of fused-ring (bicyclic) bond motifs is 1. The van der Waals surface area contributed by atoms with Gasteiger partial charge in [-0.15, -0.1) is 0 Å². The summed E-state index contributed by atoms with van der Waals surface area (Å²) in [6, 6.07) is 15.1. The summed E-state index contributed by atoms with van der Waals surface area (Å²) in [4.78, 5) is 13.0. The molecule has 0 spiro atoms. The van der Waals surface area contributed by atoms with Crippen LogP contribution in [0.2, 0.25) is 0 Å². The Morgan fingerprint density at radius 1 is 0.962 bits per heavy atom. The van der Waals surface area contributed by atoms with E-state index in [1.807, 2.05) is 49.4 Å². The molecule has 2 heterocycles. The van der Waals surface area contributed by atoms with Gasteiger partial charge in [0.2, 0.25) is 5.95 Å². The minimum Gasteiger partial charge on any atom is -0.497 e. The van der Waals surface area contributed by atoms with Crippen LogP contribution in [0.1, 0.15) is 5.89 Å². The Morgan fingerprint density at radius 2 is 1.85 bits per heavy atom. The van der Waals surface area contributed by atoms with E-state index in [1.165, 1.54) is 0 Å². The Morgan fingerprint density at radius 3 is 2.73 bits per heavy atom. The predicted octanol–water partition coefficient (Wildman–Crippen LogP) is 4.42. The molecule has 2 N–H and O–H groups in total. The second-order valence-corrected chi connectivity index (χ2v) is 5.66. The molecule has 2 aromatic heterocycles. The van der Waals surface area contributed by atoms with Crippen molar-refractivity contribution in [1.29, 1.82) is 0 Å². The number of rotatable bonds is 5. The minimum absolute atomic E-state index is 0.486. The van der Waals surface area contributed by atoms with Crippen molar-refractivity contribution in [2.24, 2.45) is 0 Å². The fourth-order valence-electron chi connectivity index (χ4n) is 2.58. The molecule has 4 rings (SSSR count). The highest BCUT2D eigenvalue weighted by Crippen LogP contribution is 2.23. The number of benzene rings is 2. The standard InChI is InChI=1S/C19H17N5O2/c1-12-21-16-7-6-14(11-17(16)26-12)22-18-8-9-20-19(24-18)23-13-4-3-5-15(10-13)25-2/h3-11H,1-2H3,(H2,20,22,23,24). The average molecular weight is 347 g/mol. The van der Waals surface area contributed by atoms with Gasteiger partial charge < -0.3 is 19.8 Å². The smallest absolute Gasteiger partial charge is 0.229 e. The quantitative estimate of drug-likeness (QED) is 0.552. The number of hydrogen-bond donors (Lipinski definition) is 2. The van der Waals surface area contributed by atoms with E-state index < -0.39 is 0 Å². The van der Waals surface area contributed by atoms with Crippen LogP contribution < -0.4 is 15.4 Å². The van der Waals surface area contributed by atoms with Gasteiger partial charge >= 0.3 is 0 Å². The lowest BCUT2D eigenvalue weighted by Gasteiger charge is -2.09.